The largest absolute Gasteiger partial charge is 0.495 e. The first-order valence-electron chi connectivity index (χ1n) is 9.69. The molecule has 0 fully saturated rings. The summed E-state index contributed by atoms with van der Waals surface area (Å²) in [4.78, 5) is 25.9. The van der Waals surface area contributed by atoms with Crippen LogP contribution in [0.3, 0.4) is 0 Å². The van der Waals surface area contributed by atoms with Crippen LogP contribution >= 0.6 is 11.6 Å². The predicted molar refractivity (Wildman–Crippen MR) is 123 cm³/mol. The number of anilines is 1. The Bertz CT molecular complexity index is 1280. The lowest BCUT2D eigenvalue weighted by Gasteiger charge is -2.30. The molecule has 0 amide bonds. The van der Waals surface area contributed by atoms with Crippen molar-refractivity contribution in [1.29, 1.82) is 0 Å². The number of methoxy groups -OCH3 is 2. The normalized spacial score (nSPS) is 12.4. The van der Waals surface area contributed by atoms with Crippen molar-refractivity contribution in [1.82, 2.24) is 4.57 Å². The molecule has 0 aliphatic carbocycles. The van der Waals surface area contributed by atoms with Gasteiger partial charge in [0.25, 0.3) is 5.91 Å². The number of halogens is 1. The maximum Gasteiger partial charge on any atom is 0.340 e. The highest BCUT2D eigenvalue weighted by Crippen LogP contribution is 2.32. The van der Waals surface area contributed by atoms with Crippen LogP contribution < -0.4 is 9.04 Å². The molecule has 3 aromatic rings. The second kappa shape index (κ2) is 9.22. The van der Waals surface area contributed by atoms with E-state index in [0.29, 0.717) is 16.7 Å². The molecule has 0 bridgehead atoms. The maximum absolute atomic E-state index is 13.6. The van der Waals surface area contributed by atoms with E-state index >= 15 is 0 Å². The average molecular weight is 479 g/mol. The topological polar surface area (TPSA) is 94.9 Å². The molecular formula is C22H23ClN2O6S. The molecule has 0 N–H and O–H groups in total. The Hall–Kier alpha value is -3.04. The second-order valence-electron chi connectivity index (χ2n) is 7.06. The van der Waals surface area contributed by atoms with Gasteiger partial charge in [-0.1, -0.05) is 36.7 Å². The number of sulfonamides is 1. The summed E-state index contributed by atoms with van der Waals surface area (Å²) in [6, 6.07) is 10.3. The minimum Gasteiger partial charge on any atom is -0.495 e. The molecule has 1 atom stereocenters. The van der Waals surface area contributed by atoms with E-state index in [4.69, 9.17) is 21.1 Å². The van der Waals surface area contributed by atoms with Gasteiger partial charge in [0.2, 0.25) is 10.0 Å². The van der Waals surface area contributed by atoms with E-state index in [-0.39, 0.29) is 22.7 Å². The standard InChI is InChI=1S/C22H23ClN2O6S/c1-5-18(25(32(4,28)29)14-10-11-20(30-2)17(23)12-14)21(26)24-13-16(22(27)31-3)15-8-6-7-9-19(15)24/h6-13,18H,5H2,1-4H3/t18-/m0/s1. The first kappa shape index (κ1) is 23.6. The van der Waals surface area contributed by atoms with Crippen molar-refractivity contribution < 1.29 is 27.5 Å². The first-order chi connectivity index (χ1) is 15.1. The number of carbonyl (C=O) groups excluding carboxylic acids is 2. The molecule has 1 aromatic heterocycles. The van der Waals surface area contributed by atoms with Crippen molar-refractivity contribution in [2.75, 3.05) is 24.8 Å². The molecule has 10 heteroatoms. The van der Waals surface area contributed by atoms with Crippen LogP contribution in [0.1, 0.15) is 28.5 Å². The van der Waals surface area contributed by atoms with Crippen molar-refractivity contribution in [2.45, 2.75) is 19.4 Å². The summed E-state index contributed by atoms with van der Waals surface area (Å²) in [6.07, 6.45) is 2.58. The summed E-state index contributed by atoms with van der Waals surface area (Å²) < 4.78 is 37.8. The Balaban J connectivity index is 2.16. The quantitative estimate of drug-likeness (QED) is 0.477. The van der Waals surface area contributed by atoms with E-state index in [1.165, 1.54) is 43.2 Å². The molecule has 32 heavy (non-hydrogen) atoms. The highest BCUT2D eigenvalue weighted by atomic mass is 35.5. The van der Waals surface area contributed by atoms with Crippen LogP contribution in [0, 0.1) is 0 Å². The third-order valence-corrected chi connectivity index (χ3v) is 6.53. The smallest absolute Gasteiger partial charge is 0.340 e. The van der Waals surface area contributed by atoms with Crippen LogP contribution in [0.15, 0.2) is 48.7 Å². The van der Waals surface area contributed by atoms with Gasteiger partial charge in [-0.25, -0.2) is 13.2 Å². The fourth-order valence-electron chi connectivity index (χ4n) is 3.63. The monoisotopic (exact) mass is 478 g/mol. The Morgan fingerprint density at radius 2 is 1.84 bits per heavy atom. The average Bonchev–Trinajstić information content (AvgIpc) is 3.15. The number of ether oxygens (including phenoxy) is 2. The van der Waals surface area contributed by atoms with Gasteiger partial charge in [0.05, 0.1) is 42.3 Å². The zero-order valence-electron chi connectivity index (χ0n) is 18.0. The number of rotatable bonds is 7. The van der Waals surface area contributed by atoms with Crippen LogP contribution in [0.5, 0.6) is 5.75 Å². The Labute approximate surface area is 191 Å². The molecular weight excluding hydrogens is 456 g/mol. The van der Waals surface area contributed by atoms with E-state index in [0.717, 1.165) is 10.6 Å². The van der Waals surface area contributed by atoms with Crippen LogP contribution in [-0.4, -0.2) is 51.4 Å². The lowest BCUT2D eigenvalue weighted by Crippen LogP contribution is -2.46. The molecule has 8 nitrogen and oxygen atoms in total. The molecule has 0 spiro atoms. The zero-order valence-corrected chi connectivity index (χ0v) is 19.6. The summed E-state index contributed by atoms with van der Waals surface area (Å²) >= 11 is 6.21. The van der Waals surface area contributed by atoms with Crippen molar-refractivity contribution in [2.24, 2.45) is 0 Å². The Kier molecular flexibility index (Phi) is 6.80. The Morgan fingerprint density at radius 1 is 1.16 bits per heavy atom. The summed E-state index contributed by atoms with van der Waals surface area (Å²) in [7, 11) is -1.18. The van der Waals surface area contributed by atoms with Crippen molar-refractivity contribution in [3.8, 4) is 5.75 Å². The molecule has 0 saturated heterocycles. The van der Waals surface area contributed by atoms with Gasteiger partial charge in [-0.05, 0) is 30.7 Å². The minimum absolute atomic E-state index is 0.176. The molecule has 0 aliphatic heterocycles. The molecule has 0 unspecified atom stereocenters. The van der Waals surface area contributed by atoms with Gasteiger partial charge >= 0.3 is 5.97 Å². The van der Waals surface area contributed by atoms with Crippen molar-refractivity contribution >= 4 is 50.1 Å². The van der Waals surface area contributed by atoms with Crippen molar-refractivity contribution in [3.63, 3.8) is 0 Å². The number of para-hydroxylation sites is 1. The van der Waals surface area contributed by atoms with Crippen LogP contribution in [-0.2, 0) is 14.8 Å². The highest BCUT2D eigenvalue weighted by Gasteiger charge is 2.34. The van der Waals surface area contributed by atoms with Crippen LogP contribution in [0.2, 0.25) is 5.02 Å². The van der Waals surface area contributed by atoms with Gasteiger partial charge in [0.15, 0.2) is 0 Å². The van der Waals surface area contributed by atoms with Crippen LogP contribution in [0.4, 0.5) is 5.69 Å². The van der Waals surface area contributed by atoms with Gasteiger partial charge < -0.3 is 9.47 Å². The number of carbonyl (C=O) groups is 2. The van der Waals surface area contributed by atoms with Gasteiger partial charge in [-0.2, -0.15) is 0 Å². The molecule has 2 aromatic carbocycles. The van der Waals surface area contributed by atoms with Gasteiger partial charge in [-0.15, -0.1) is 0 Å². The lowest BCUT2D eigenvalue weighted by molar-refractivity contribution is 0.0603. The van der Waals surface area contributed by atoms with Gasteiger partial charge in [0.1, 0.15) is 11.8 Å². The number of aromatic nitrogens is 1. The number of hydrogen-bond donors (Lipinski definition) is 0. The first-order valence-corrected chi connectivity index (χ1v) is 11.9. The molecule has 0 radical (unpaired) electrons. The maximum atomic E-state index is 13.6. The van der Waals surface area contributed by atoms with E-state index in [2.05, 4.69) is 0 Å². The number of fused-ring (bicyclic) bond motifs is 1. The fourth-order valence-corrected chi connectivity index (χ4v) is 5.08. The number of hydrogen-bond acceptors (Lipinski definition) is 6. The molecule has 170 valence electrons. The third kappa shape index (κ3) is 4.31. The Morgan fingerprint density at radius 3 is 2.41 bits per heavy atom. The highest BCUT2D eigenvalue weighted by molar-refractivity contribution is 7.92. The van der Waals surface area contributed by atoms with Gasteiger partial charge in [0, 0.05) is 11.6 Å². The number of nitrogens with zero attached hydrogens (tertiary/aromatic N) is 2. The summed E-state index contributed by atoms with van der Waals surface area (Å²) in [5.41, 5.74) is 0.908. The van der Waals surface area contributed by atoms with E-state index in [1.54, 1.807) is 31.2 Å². The molecule has 1 heterocycles. The SMILES string of the molecule is CC[C@@H](C(=O)n1cc(C(=O)OC)c2ccccc21)N(c1ccc(OC)c(Cl)c1)S(C)(=O)=O. The van der Waals surface area contributed by atoms with E-state index in [9.17, 15) is 18.0 Å². The van der Waals surface area contributed by atoms with E-state index < -0.39 is 27.9 Å². The third-order valence-electron chi connectivity index (χ3n) is 5.06. The minimum atomic E-state index is -3.88. The lowest BCUT2D eigenvalue weighted by atomic mass is 10.1. The summed E-state index contributed by atoms with van der Waals surface area (Å²) in [6.45, 7) is 1.71. The molecule has 0 aliphatic rings. The molecule has 0 saturated carbocycles. The molecule has 3 rings (SSSR count). The fraction of sp³-hybridized carbons (Fsp3) is 0.273. The van der Waals surface area contributed by atoms with Crippen molar-refractivity contribution in [3.05, 3.63) is 59.2 Å². The summed E-state index contributed by atoms with van der Waals surface area (Å²) in [5.74, 6) is -0.735. The zero-order chi connectivity index (χ0) is 23.6. The second-order valence-corrected chi connectivity index (χ2v) is 9.33. The van der Waals surface area contributed by atoms with Gasteiger partial charge in [-0.3, -0.25) is 13.7 Å². The predicted octanol–water partition coefficient (Wildman–Crippen LogP) is 3.97. The number of esters is 1. The van der Waals surface area contributed by atoms with E-state index in [1.807, 2.05) is 0 Å². The van der Waals surface area contributed by atoms with Crippen LogP contribution in [0.25, 0.3) is 10.9 Å². The summed E-state index contributed by atoms with van der Waals surface area (Å²) in [5, 5.41) is 0.737. The number of benzene rings is 2.